The van der Waals surface area contributed by atoms with E-state index in [4.69, 9.17) is 0 Å². The van der Waals surface area contributed by atoms with Gasteiger partial charge in [-0.1, -0.05) is 22.0 Å². The highest BCUT2D eigenvalue weighted by atomic mass is 79.9. The molecule has 0 radical (unpaired) electrons. The lowest BCUT2D eigenvalue weighted by Gasteiger charge is -2.29. The molecule has 2 aliphatic rings. The monoisotopic (exact) mass is 351 g/mol. The second-order valence-corrected chi connectivity index (χ2v) is 7.07. The third kappa shape index (κ3) is 2.59. The predicted molar refractivity (Wildman–Crippen MR) is 82.1 cm³/mol. The number of carboxylic acid groups (broad SMARTS) is 1. The average Bonchev–Trinajstić information content (AvgIpc) is 3.02. The fourth-order valence-electron chi connectivity index (χ4n) is 3.92. The highest BCUT2D eigenvalue weighted by Gasteiger charge is 2.51. The highest BCUT2D eigenvalue weighted by Crippen LogP contribution is 2.48. The van der Waals surface area contributed by atoms with Gasteiger partial charge in [-0.3, -0.25) is 9.59 Å². The molecule has 0 heterocycles. The van der Waals surface area contributed by atoms with E-state index >= 15 is 0 Å². The summed E-state index contributed by atoms with van der Waals surface area (Å²) in [6.45, 7) is 1.89. The Bertz CT molecular complexity index is 601. The van der Waals surface area contributed by atoms with Crippen LogP contribution in [0.1, 0.15) is 35.2 Å². The number of hydrogen-bond acceptors (Lipinski definition) is 2. The fraction of sp³-hybridized carbons (Fsp3) is 0.500. The molecule has 2 aliphatic carbocycles. The minimum atomic E-state index is -0.779. The zero-order chi connectivity index (χ0) is 15.1. The molecule has 2 bridgehead atoms. The van der Waals surface area contributed by atoms with E-state index in [2.05, 4.69) is 21.2 Å². The average molecular weight is 352 g/mol. The summed E-state index contributed by atoms with van der Waals surface area (Å²) in [7, 11) is 0. The summed E-state index contributed by atoms with van der Waals surface area (Å²) in [5.74, 6) is -0.842. The molecule has 0 spiro atoms. The van der Waals surface area contributed by atoms with Gasteiger partial charge in [0, 0.05) is 16.1 Å². The molecule has 1 aromatic rings. The topological polar surface area (TPSA) is 66.4 Å². The number of halogens is 1. The Morgan fingerprint density at radius 3 is 2.71 bits per heavy atom. The fourth-order valence-corrected chi connectivity index (χ4v) is 4.28. The van der Waals surface area contributed by atoms with Crippen LogP contribution in [0.15, 0.2) is 22.7 Å². The van der Waals surface area contributed by atoms with Gasteiger partial charge in [0.05, 0.1) is 5.92 Å². The molecule has 0 aliphatic heterocycles. The molecular formula is C16H18BrNO3. The third-order valence-corrected chi connectivity index (χ3v) is 5.44. The van der Waals surface area contributed by atoms with Crippen molar-refractivity contribution in [2.24, 2.45) is 17.8 Å². The number of aliphatic carboxylic acids is 1. The van der Waals surface area contributed by atoms with Crippen LogP contribution in [0.5, 0.6) is 0 Å². The van der Waals surface area contributed by atoms with Crippen molar-refractivity contribution in [2.75, 3.05) is 0 Å². The first kappa shape index (κ1) is 14.6. The lowest BCUT2D eigenvalue weighted by molar-refractivity contribution is -0.144. The van der Waals surface area contributed by atoms with E-state index in [-0.39, 0.29) is 17.9 Å². The number of carbonyl (C=O) groups excluding carboxylic acids is 1. The summed E-state index contributed by atoms with van der Waals surface area (Å²) in [6.07, 6.45) is 2.93. The Morgan fingerprint density at radius 2 is 2.00 bits per heavy atom. The van der Waals surface area contributed by atoms with Gasteiger partial charge >= 0.3 is 5.97 Å². The van der Waals surface area contributed by atoms with Crippen molar-refractivity contribution >= 4 is 27.8 Å². The SMILES string of the molecule is Cc1ccc(Br)cc1C(=O)NC1C2CCC(C2)C1C(=O)O. The normalized spacial score (nSPS) is 30.4. The Kier molecular flexibility index (Phi) is 3.78. The molecule has 1 amide bonds. The van der Waals surface area contributed by atoms with Crippen LogP contribution in [-0.4, -0.2) is 23.0 Å². The number of rotatable bonds is 3. The molecule has 5 heteroatoms. The van der Waals surface area contributed by atoms with Crippen molar-refractivity contribution < 1.29 is 14.7 Å². The van der Waals surface area contributed by atoms with E-state index in [1.54, 1.807) is 6.07 Å². The highest BCUT2D eigenvalue weighted by molar-refractivity contribution is 9.10. The van der Waals surface area contributed by atoms with Gasteiger partial charge in [0.2, 0.25) is 0 Å². The first-order chi connectivity index (χ1) is 9.97. The molecule has 112 valence electrons. The van der Waals surface area contributed by atoms with Crippen molar-refractivity contribution in [1.29, 1.82) is 0 Å². The Hall–Kier alpha value is -1.36. The third-order valence-electron chi connectivity index (χ3n) is 4.94. The first-order valence-corrected chi connectivity index (χ1v) is 8.06. The number of aryl methyl sites for hydroxylation is 1. The van der Waals surface area contributed by atoms with E-state index in [0.717, 1.165) is 29.3 Å². The standard InChI is InChI=1S/C16H18BrNO3/c1-8-2-5-11(17)7-12(8)15(19)18-14-10-4-3-9(6-10)13(14)16(20)21/h2,5,7,9-10,13-14H,3-4,6H2,1H3,(H,18,19)(H,20,21). The minimum Gasteiger partial charge on any atom is -0.481 e. The maximum Gasteiger partial charge on any atom is 0.308 e. The molecule has 3 rings (SSSR count). The van der Waals surface area contributed by atoms with Gasteiger partial charge in [0.1, 0.15) is 0 Å². The van der Waals surface area contributed by atoms with E-state index in [0.29, 0.717) is 11.5 Å². The molecule has 2 N–H and O–H groups in total. The zero-order valence-corrected chi connectivity index (χ0v) is 13.4. The molecule has 21 heavy (non-hydrogen) atoms. The van der Waals surface area contributed by atoms with Crippen LogP contribution in [0, 0.1) is 24.7 Å². The number of hydrogen-bond donors (Lipinski definition) is 2. The van der Waals surface area contributed by atoms with Crippen LogP contribution >= 0.6 is 15.9 Å². The van der Waals surface area contributed by atoms with Crippen molar-refractivity contribution in [3.8, 4) is 0 Å². The van der Waals surface area contributed by atoms with Crippen LogP contribution in [0.25, 0.3) is 0 Å². The van der Waals surface area contributed by atoms with E-state index in [1.165, 1.54) is 0 Å². The Morgan fingerprint density at radius 1 is 1.29 bits per heavy atom. The van der Waals surface area contributed by atoms with E-state index in [1.807, 2.05) is 19.1 Å². The van der Waals surface area contributed by atoms with Crippen molar-refractivity contribution in [2.45, 2.75) is 32.2 Å². The van der Waals surface area contributed by atoms with Crippen LogP contribution in [0.4, 0.5) is 0 Å². The van der Waals surface area contributed by atoms with Crippen LogP contribution < -0.4 is 5.32 Å². The summed E-state index contributed by atoms with van der Waals surface area (Å²) in [4.78, 5) is 24.0. The summed E-state index contributed by atoms with van der Waals surface area (Å²) in [5, 5.41) is 12.4. The number of benzene rings is 1. The van der Waals surface area contributed by atoms with E-state index in [9.17, 15) is 14.7 Å². The molecule has 2 fully saturated rings. The zero-order valence-electron chi connectivity index (χ0n) is 11.8. The van der Waals surface area contributed by atoms with Gasteiger partial charge < -0.3 is 10.4 Å². The van der Waals surface area contributed by atoms with Gasteiger partial charge in [-0.05, 0) is 55.7 Å². The second-order valence-electron chi connectivity index (χ2n) is 6.16. The molecule has 0 saturated heterocycles. The molecule has 4 unspecified atom stereocenters. The summed E-state index contributed by atoms with van der Waals surface area (Å²) >= 11 is 3.37. The largest absolute Gasteiger partial charge is 0.481 e. The second kappa shape index (κ2) is 5.44. The minimum absolute atomic E-state index is 0.169. The molecule has 4 nitrogen and oxygen atoms in total. The van der Waals surface area contributed by atoms with Crippen molar-refractivity contribution in [1.82, 2.24) is 5.32 Å². The van der Waals surface area contributed by atoms with Crippen molar-refractivity contribution in [3.63, 3.8) is 0 Å². The predicted octanol–water partition coefficient (Wildman–Crippen LogP) is 2.99. The van der Waals surface area contributed by atoms with E-state index < -0.39 is 11.9 Å². The molecule has 2 saturated carbocycles. The lowest BCUT2D eigenvalue weighted by Crippen LogP contribution is -2.46. The summed E-state index contributed by atoms with van der Waals surface area (Å²) in [5.41, 5.74) is 1.50. The summed E-state index contributed by atoms with van der Waals surface area (Å²) < 4.78 is 0.848. The van der Waals surface area contributed by atoms with Crippen LogP contribution in [0.3, 0.4) is 0 Å². The Balaban J connectivity index is 1.81. The maximum atomic E-state index is 12.5. The lowest BCUT2D eigenvalue weighted by atomic mass is 9.84. The number of carbonyl (C=O) groups is 2. The van der Waals surface area contributed by atoms with Crippen molar-refractivity contribution in [3.05, 3.63) is 33.8 Å². The number of fused-ring (bicyclic) bond motifs is 2. The van der Waals surface area contributed by atoms with Gasteiger partial charge in [-0.25, -0.2) is 0 Å². The van der Waals surface area contributed by atoms with Gasteiger partial charge in [-0.15, -0.1) is 0 Å². The molecular weight excluding hydrogens is 334 g/mol. The summed E-state index contributed by atoms with van der Waals surface area (Å²) in [6, 6.07) is 5.33. The molecule has 0 aromatic heterocycles. The van der Waals surface area contributed by atoms with Crippen LogP contribution in [0.2, 0.25) is 0 Å². The Labute approximate surface area is 132 Å². The number of nitrogens with one attached hydrogen (secondary N) is 1. The van der Waals surface area contributed by atoms with Gasteiger partial charge in [0.25, 0.3) is 5.91 Å². The van der Waals surface area contributed by atoms with Gasteiger partial charge in [0.15, 0.2) is 0 Å². The maximum absolute atomic E-state index is 12.5. The first-order valence-electron chi connectivity index (χ1n) is 7.27. The number of amides is 1. The van der Waals surface area contributed by atoms with Crippen LogP contribution in [-0.2, 0) is 4.79 Å². The molecule has 1 aromatic carbocycles. The quantitative estimate of drug-likeness (QED) is 0.879. The molecule has 4 atom stereocenters. The van der Waals surface area contributed by atoms with Gasteiger partial charge in [-0.2, -0.15) is 0 Å². The number of carboxylic acids is 1. The smallest absolute Gasteiger partial charge is 0.308 e.